The minimum atomic E-state index is -0.0534. The van der Waals surface area contributed by atoms with Gasteiger partial charge in [0.2, 0.25) is 0 Å². The number of unbranched alkanes of at least 4 members (excludes halogenated alkanes) is 6. The van der Waals surface area contributed by atoms with Gasteiger partial charge in [0.1, 0.15) is 0 Å². The van der Waals surface area contributed by atoms with E-state index in [-0.39, 0.29) is 11.6 Å². The van der Waals surface area contributed by atoms with Gasteiger partial charge in [-0.15, -0.1) is 0 Å². The van der Waals surface area contributed by atoms with Gasteiger partial charge in [-0.05, 0) is 60.1 Å². The van der Waals surface area contributed by atoms with Gasteiger partial charge in [-0.3, -0.25) is 9.59 Å². The second-order valence-electron chi connectivity index (χ2n) is 8.87. The lowest BCUT2D eigenvalue weighted by atomic mass is 9.87. The molecule has 0 heterocycles. The van der Waals surface area contributed by atoms with Crippen molar-refractivity contribution in [2.75, 3.05) is 0 Å². The molecule has 2 aromatic carbocycles. The molecule has 0 aliphatic heterocycles. The van der Waals surface area contributed by atoms with Crippen LogP contribution in [0.25, 0.3) is 11.1 Å². The lowest BCUT2D eigenvalue weighted by molar-refractivity contribution is 0.103. The Balaban J connectivity index is 2.52. The predicted molar refractivity (Wildman–Crippen MR) is 146 cm³/mol. The first-order valence-corrected chi connectivity index (χ1v) is 12.8. The summed E-state index contributed by atoms with van der Waals surface area (Å²) in [7, 11) is 0. The standard InChI is InChI=1S/C32H40O2/c1-5-9-11-13-15-29(25-17-21-27(22-18-25)31(33)7-3)30(16-14-12-10-6-2)26-19-23-28(24-20-26)32(34)8-4/h7-8,17-24H,3-6,9-16H2,1-2H3. The van der Waals surface area contributed by atoms with Crippen LogP contribution in [0.2, 0.25) is 0 Å². The van der Waals surface area contributed by atoms with Gasteiger partial charge in [0.05, 0.1) is 0 Å². The number of rotatable bonds is 16. The molecule has 0 aliphatic carbocycles. The molecule has 0 radical (unpaired) electrons. The Morgan fingerprint density at radius 3 is 1.18 bits per heavy atom. The highest BCUT2D eigenvalue weighted by Crippen LogP contribution is 2.35. The van der Waals surface area contributed by atoms with Crippen molar-refractivity contribution in [3.8, 4) is 0 Å². The molecule has 2 aromatic rings. The van der Waals surface area contributed by atoms with Crippen molar-refractivity contribution in [2.45, 2.75) is 78.1 Å². The summed E-state index contributed by atoms with van der Waals surface area (Å²) in [4.78, 5) is 24.1. The summed E-state index contributed by atoms with van der Waals surface area (Å²) >= 11 is 0. The molecule has 0 N–H and O–H groups in total. The number of hydrogen-bond acceptors (Lipinski definition) is 2. The maximum atomic E-state index is 12.0. The summed E-state index contributed by atoms with van der Waals surface area (Å²) in [5.74, 6) is -0.107. The molecular weight excluding hydrogens is 416 g/mol. The lowest BCUT2D eigenvalue weighted by Gasteiger charge is -2.18. The first-order valence-electron chi connectivity index (χ1n) is 12.8. The molecule has 0 amide bonds. The van der Waals surface area contributed by atoms with Gasteiger partial charge in [0, 0.05) is 11.1 Å². The van der Waals surface area contributed by atoms with Crippen molar-refractivity contribution >= 4 is 22.7 Å². The third-order valence-corrected chi connectivity index (χ3v) is 6.33. The molecule has 0 saturated heterocycles. The highest BCUT2D eigenvalue weighted by atomic mass is 16.1. The molecular formula is C32H40O2. The minimum absolute atomic E-state index is 0.0534. The van der Waals surface area contributed by atoms with Crippen molar-refractivity contribution in [2.24, 2.45) is 0 Å². The van der Waals surface area contributed by atoms with Crippen LogP contribution >= 0.6 is 0 Å². The van der Waals surface area contributed by atoms with E-state index in [1.165, 1.54) is 73.0 Å². The van der Waals surface area contributed by atoms with Crippen LogP contribution in [0.15, 0.2) is 73.8 Å². The zero-order chi connectivity index (χ0) is 24.8. The van der Waals surface area contributed by atoms with E-state index >= 15 is 0 Å². The van der Waals surface area contributed by atoms with Gasteiger partial charge >= 0.3 is 0 Å². The van der Waals surface area contributed by atoms with Crippen molar-refractivity contribution in [3.63, 3.8) is 0 Å². The van der Waals surface area contributed by atoms with E-state index in [1.54, 1.807) is 0 Å². The second-order valence-corrected chi connectivity index (χ2v) is 8.87. The van der Waals surface area contributed by atoms with E-state index in [4.69, 9.17) is 0 Å². The van der Waals surface area contributed by atoms with Crippen LogP contribution in [0.5, 0.6) is 0 Å². The maximum Gasteiger partial charge on any atom is 0.185 e. The van der Waals surface area contributed by atoms with E-state index in [0.29, 0.717) is 11.1 Å². The van der Waals surface area contributed by atoms with E-state index in [9.17, 15) is 9.59 Å². The molecule has 2 rings (SSSR count). The Labute approximate surface area is 206 Å². The fourth-order valence-corrected chi connectivity index (χ4v) is 4.30. The number of ketones is 2. The number of allylic oxidation sites excluding steroid dienone is 4. The Hall–Kier alpha value is -3.00. The maximum absolute atomic E-state index is 12.0. The number of benzene rings is 2. The first kappa shape index (κ1) is 27.2. The Morgan fingerprint density at radius 1 is 0.559 bits per heavy atom. The lowest BCUT2D eigenvalue weighted by Crippen LogP contribution is -1.99. The Kier molecular flexibility index (Phi) is 12.0. The quantitative estimate of drug-likeness (QED) is 0.109. The zero-order valence-corrected chi connectivity index (χ0v) is 21.1. The third-order valence-electron chi connectivity index (χ3n) is 6.33. The monoisotopic (exact) mass is 456 g/mol. The van der Waals surface area contributed by atoms with Gasteiger partial charge in [-0.1, -0.05) is 114 Å². The van der Waals surface area contributed by atoms with Crippen molar-refractivity contribution in [1.29, 1.82) is 0 Å². The number of carbonyl (C=O) groups is 2. The first-order chi connectivity index (χ1) is 16.5. The molecule has 0 bridgehead atoms. The average Bonchev–Trinajstić information content (AvgIpc) is 2.89. The smallest absolute Gasteiger partial charge is 0.185 e. The van der Waals surface area contributed by atoms with Gasteiger partial charge in [0.25, 0.3) is 0 Å². The summed E-state index contributed by atoms with van der Waals surface area (Å²) in [5.41, 5.74) is 6.39. The fourth-order valence-electron chi connectivity index (χ4n) is 4.30. The average molecular weight is 457 g/mol. The van der Waals surface area contributed by atoms with Crippen LogP contribution in [-0.2, 0) is 0 Å². The van der Waals surface area contributed by atoms with Crippen LogP contribution in [0.1, 0.15) is 110 Å². The molecule has 0 unspecified atom stereocenters. The molecule has 180 valence electrons. The number of hydrogen-bond donors (Lipinski definition) is 0. The van der Waals surface area contributed by atoms with E-state index in [2.05, 4.69) is 51.3 Å². The van der Waals surface area contributed by atoms with Crippen molar-refractivity contribution < 1.29 is 9.59 Å². The van der Waals surface area contributed by atoms with E-state index < -0.39 is 0 Å². The molecule has 0 saturated carbocycles. The Bertz CT molecular complexity index is 893. The van der Waals surface area contributed by atoms with Crippen LogP contribution in [0.4, 0.5) is 0 Å². The Morgan fingerprint density at radius 2 is 0.882 bits per heavy atom. The molecule has 0 aromatic heterocycles. The largest absolute Gasteiger partial charge is 0.289 e. The van der Waals surface area contributed by atoms with Gasteiger partial charge in [0.15, 0.2) is 11.6 Å². The summed E-state index contributed by atoms with van der Waals surface area (Å²) in [6.45, 7) is 11.7. The normalized spacial score (nSPS) is 11.6. The topological polar surface area (TPSA) is 34.1 Å². The van der Waals surface area contributed by atoms with Gasteiger partial charge in [-0.2, -0.15) is 0 Å². The molecule has 34 heavy (non-hydrogen) atoms. The van der Waals surface area contributed by atoms with Gasteiger partial charge in [-0.25, -0.2) is 0 Å². The summed E-state index contributed by atoms with van der Waals surface area (Å²) < 4.78 is 0. The van der Waals surface area contributed by atoms with Crippen molar-refractivity contribution in [1.82, 2.24) is 0 Å². The van der Waals surface area contributed by atoms with E-state index in [0.717, 1.165) is 25.7 Å². The zero-order valence-electron chi connectivity index (χ0n) is 21.1. The third kappa shape index (κ3) is 8.09. The SMILES string of the molecule is C=CC(=O)c1ccc(C(CCCCCC)=C(CCCCCC)c2ccc(C(=O)C=C)cc2)cc1. The summed E-state index contributed by atoms with van der Waals surface area (Å²) in [6, 6.07) is 15.9. The summed E-state index contributed by atoms with van der Waals surface area (Å²) in [6.07, 6.45) is 14.3. The predicted octanol–water partition coefficient (Wildman–Crippen LogP) is 9.28. The molecule has 0 spiro atoms. The van der Waals surface area contributed by atoms with E-state index in [1.807, 2.05) is 24.3 Å². The summed E-state index contributed by atoms with van der Waals surface area (Å²) in [5, 5.41) is 0. The fraction of sp³-hybridized carbons (Fsp3) is 0.375. The molecule has 0 fully saturated rings. The highest BCUT2D eigenvalue weighted by molar-refractivity contribution is 6.05. The van der Waals surface area contributed by atoms with Crippen LogP contribution in [0, 0.1) is 0 Å². The van der Waals surface area contributed by atoms with Crippen LogP contribution < -0.4 is 0 Å². The highest BCUT2D eigenvalue weighted by Gasteiger charge is 2.14. The molecule has 2 heteroatoms. The van der Waals surface area contributed by atoms with Crippen molar-refractivity contribution in [3.05, 3.63) is 96.1 Å². The second kappa shape index (κ2) is 15.0. The minimum Gasteiger partial charge on any atom is -0.289 e. The van der Waals surface area contributed by atoms with Gasteiger partial charge < -0.3 is 0 Å². The van der Waals surface area contributed by atoms with Crippen LogP contribution in [-0.4, -0.2) is 11.6 Å². The molecule has 0 aliphatic rings. The van der Waals surface area contributed by atoms with Crippen LogP contribution in [0.3, 0.4) is 0 Å². The molecule has 0 atom stereocenters. The molecule has 2 nitrogen and oxygen atoms in total. The number of carbonyl (C=O) groups excluding carboxylic acids is 2.